The Hall–Kier alpha value is -3.06. The average molecular weight is 519 g/mol. The van der Waals surface area contributed by atoms with Gasteiger partial charge in [0.2, 0.25) is 5.91 Å². The van der Waals surface area contributed by atoms with Gasteiger partial charge in [-0.25, -0.2) is 4.79 Å². The number of hydrogen-bond acceptors (Lipinski definition) is 9. The zero-order valence-corrected chi connectivity index (χ0v) is 20.3. The van der Waals surface area contributed by atoms with Crippen LogP contribution in [0.2, 0.25) is 0 Å². The van der Waals surface area contributed by atoms with Crippen LogP contribution in [0.4, 0.5) is 4.79 Å². The molecule has 0 aliphatic carbocycles. The Bertz CT molecular complexity index is 963. The number of rotatable bonds is 12. The Morgan fingerprint density at radius 3 is 2.19 bits per heavy atom. The first-order valence-corrected chi connectivity index (χ1v) is 12.1. The van der Waals surface area contributed by atoms with Crippen LogP contribution in [0.25, 0.3) is 0 Å². The Morgan fingerprint density at radius 1 is 0.946 bits per heavy atom. The van der Waals surface area contributed by atoms with E-state index in [1.54, 1.807) is 12.1 Å². The van der Waals surface area contributed by atoms with Crippen LogP contribution in [0.5, 0.6) is 0 Å². The van der Waals surface area contributed by atoms with Gasteiger partial charge in [-0.15, -0.1) is 0 Å². The SMILES string of the molecule is O=C(CC[C@H](O)CO)NC[C@H]1O[C@H](OCc2ccccc2)[C@H](NC(=O)OCc2ccccc2)[C@@H](O)[C@@H]1O. The van der Waals surface area contributed by atoms with Crippen LogP contribution >= 0.6 is 0 Å². The summed E-state index contributed by atoms with van der Waals surface area (Å²) in [6.45, 7) is -0.493. The summed E-state index contributed by atoms with van der Waals surface area (Å²) >= 11 is 0. The number of benzene rings is 2. The number of aliphatic hydroxyl groups excluding tert-OH is 4. The van der Waals surface area contributed by atoms with Crippen LogP contribution in [0.3, 0.4) is 0 Å². The van der Waals surface area contributed by atoms with E-state index in [9.17, 15) is 24.9 Å². The average Bonchev–Trinajstić information content (AvgIpc) is 2.93. The van der Waals surface area contributed by atoms with Gasteiger partial charge in [0.15, 0.2) is 6.29 Å². The standard InChI is InChI=1S/C26H34N2O9/c29-14-19(30)11-12-21(31)27-13-20-23(32)24(33)22(25(37-20)35-15-17-7-3-1-4-8-17)28-26(34)36-16-18-9-5-2-6-10-18/h1-10,19-20,22-25,29-30,32-33H,11-16H2,(H,27,31)(H,28,34)/t19-,20+,22+,23+,24+,25-/m0/s1. The van der Waals surface area contributed by atoms with Gasteiger partial charge < -0.3 is 45.3 Å². The largest absolute Gasteiger partial charge is 0.445 e. The van der Waals surface area contributed by atoms with Crippen LogP contribution in [-0.4, -0.2) is 82.3 Å². The van der Waals surface area contributed by atoms with Gasteiger partial charge in [0.25, 0.3) is 0 Å². The highest BCUT2D eigenvalue weighted by Crippen LogP contribution is 2.23. The van der Waals surface area contributed by atoms with Gasteiger partial charge in [0.1, 0.15) is 31.0 Å². The summed E-state index contributed by atoms with van der Waals surface area (Å²) in [5.41, 5.74) is 1.60. The Kier molecular flexibility index (Phi) is 11.3. The maximum atomic E-state index is 12.5. The van der Waals surface area contributed by atoms with Gasteiger partial charge in [-0.1, -0.05) is 60.7 Å². The Morgan fingerprint density at radius 2 is 1.57 bits per heavy atom. The molecule has 2 aromatic carbocycles. The molecule has 37 heavy (non-hydrogen) atoms. The summed E-state index contributed by atoms with van der Waals surface area (Å²) in [6.07, 6.45) is -6.96. The third-order valence-corrected chi connectivity index (χ3v) is 5.87. The van der Waals surface area contributed by atoms with E-state index >= 15 is 0 Å². The lowest BCUT2D eigenvalue weighted by atomic mass is 9.96. The molecular formula is C26H34N2O9. The van der Waals surface area contributed by atoms with E-state index in [-0.39, 0.29) is 32.6 Å². The van der Waals surface area contributed by atoms with Crippen LogP contribution in [-0.2, 0) is 32.2 Å². The number of hydrogen-bond donors (Lipinski definition) is 6. The van der Waals surface area contributed by atoms with Gasteiger partial charge in [-0.3, -0.25) is 4.79 Å². The molecule has 1 aliphatic heterocycles. The minimum absolute atomic E-state index is 0.00801. The second-order valence-electron chi connectivity index (χ2n) is 8.73. The molecule has 0 spiro atoms. The fourth-order valence-corrected chi connectivity index (χ4v) is 3.74. The van der Waals surface area contributed by atoms with E-state index in [1.807, 2.05) is 48.5 Å². The van der Waals surface area contributed by atoms with Crippen molar-refractivity contribution in [2.24, 2.45) is 0 Å². The van der Waals surface area contributed by atoms with E-state index in [2.05, 4.69) is 10.6 Å². The predicted octanol–water partition coefficient (Wildman–Crippen LogP) is 0.195. The van der Waals surface area contributed by atoms with Crippen molar-refractivity contribution in [3.05, 3.63) is 71.8 Å². The molecule has 0 bridgehead atoms. The molecule has 3 rings (SSSR count). The molecule has 0 aromatic heterocycles. The molecule has 0 unspecified atom stereocenters. The summed E-state index contributed by atoms with van der Waals surface area (Å²) in [4.78, 5) is 24.5. The second kappa shape index (κ2) is 14.6. The van der Waals surface area contributed by atoms with E-state index < -0.39 is 55.4 Å². The molecule has 11 heteroatoms. The topological polar surface area (TPSA) is 167 Å². The van der Waals surface area contributed by atoms with E-state index in [0.717, 1.165) is 11.1 Å². The summed E-state index contributed by atoms with van der Waals surface area (Å²) in [5.74, 6) is -0.427. The number of carbonyl (C=O) groups is 2. The van der Waals surface area contributed by atoms with Gasteiger partial charge in [-0.05, 0) is 17.5 Å². The van der Waals surface area contributed by atoms with E-state index in [0.29, 0.717) is 0 Å². The number of aliphatic hydroxyl groups is 4. The zero-order chi connectivity index (χ0) is 26.6. The summed E-state index contributed by atoms with van der Waals surface area (Å²) in [6, 6.07) is 17.1. The molecule has 6 atom stereocenters. The predicted molar refractivity (Wildman–Crippen MR) is 131 cm³/mol. The third-order valence-electron chi connectivity index (χ3n) is 5.87. The van der Waals surface area contributed by atoms with Crippen molar-refractivity contribution < 1.29 is 44.2 Å². The lowest BCUT2D eigenvalue weighted by molar-refractivity contribution is -0.265. The molecular weight excluding hydrogens is 484 g/mol. The summed E-state index contributed by atoms with van der Waals surface area (Å²) in [5, 5.41) is 44.9. The Labute approximate surface area is 215 Å². The first-order chi connectivity index (χ1) is 17.9. The van der Waals surface area contributed by atoms with Crippen molar-refractivity contribution in [3.63, 3.8) is 0 Å². The molecule has 11 nitrogen and oxygen atoms in total. The maximum absolute atomic E-state index is 12.5. The van der Waals surface area contributed by atoms with Crippen molar-refractivity contribution >= 4 is 12.0 Å². The van der Waals surface area contributed by atoms with Crippen molar-refractivity contribution in [1.29, 1.82) is 0 Å². The minimum Gasteiger partial charge on any atom is -0.445 e. The lowest BCUT2D eigenvalue weighted by Gasteiger charge is -2.42. The highest BCUT2D eigenvalue weighted by Gasteiger charge is 2.46. The van der Waals surface area contributed by atoms with Crippen molar-refractivity contribution in [2.75, 3.05) is 13.2 Å². The number of ether oxygens (including phenoxy) is 3. The molecule has 202 valence electrons. The Balaban J connectivity index is 1.62. The van der Waals surface area contributed by atoms with Crippen LogP contribution in [0.1, 0.15) is 24.0 Å². The molecule has 6 N–H and O–H groups in total. The summed E-state index contributed by atoms with van der Waals surface area (Å²) in [7, 11) is 0. The number of alkyl carbamates (subject to hydrolysis) is 1. The molecule has 0 saturated carbocycles. The van der Waals surface area contributed by atoms with Gasteiger partial charge >= 0.3 is 6.09 Å². The fourth-order valence-electron chi connectivity index (χ4n) is 3.74. The smallest absolute Gasteiger partial charge is 0.407 e. The van der Waals surface area contributed by atoms with Gasteiger partial charge in [0, 0.05) is 13.0 Å². The number of nitrogens with one attached hydrogen (secondary N) is 2. The van der Waals surface area contributed by atoms with Crippen molar-refractivity contribution in [2.45, 2.75) is 62.8 Å². The first-order valence-electron chi connectivity index (χ1n) is 12.1. The maximum Gasteiger partial charge on any atom is 0.407 e. The monoisotopic (exact) mass is 518 g/mol. The molecule has 2 amide bonds. The molecule has 1 saturated heterocycles. The fraction of sp³-hybridized carbons (Fsp3) is 0.462. The van der Waals surface area contributed by atoms with E-state index in [4.69, 9.17) is 19.3 Å². The van der Waals surface area contributed by atoms with Crippen molar-refractivity contribution in [1.82, 2.24) is 10.6 Å². The quantitative estimate of drug-likeness (QED) is 0.230. The lowest BCUT2D eigenvalue weighted by Crippen LogP contribution is -2.65. The highest BCUT2D eigenvalue weighted by atomic mass is 16.7. The molecule has 2 aromatic rings. The molecule has 1 heterocycles. The number of amides is 2. The minimum atomic E-state index is -1.49. The van der Waals surface area contributed by atoms with E-state index in [1.165, 1.54) is 0 Å². The van der Waals surface area contributed by atoms with Crippen molar-refractivity contribution in [3.8, 4) is 0 Å². The molecule has 1 aliphatic rings. The van der Waals surface area contributed by atoms with Crippen LogP contribution in [0.15, 0.2) is 60.7 Å². The second-order valence-corrected chi connectivity index (χ2v) is 8.73. The molecule has 1 fully saturated rings. The third kappa shape index (κ3) is 9.08. The highest BCUT2D eigenvalue weighted by molar-refractivity contribution is 5.75. The summed E-state index contributed by atoms with van der Waals surface area (Å²) < 4.78 is 17.0. The number of carbonyl (C=O) groups excluding carboxylic acids is 2. The van der Waals surface area contributed by atoms with Gasteiger partial charge in [0.05, 0.1) is 19.3 Å². The zero-order valence-electron chi connectivity index (χ0n) is 20.3. The first kappa shape index (κ1) is 28.5. The molecule has 0 radical (unpaired) electrons. The van der Waals surface area contributed by atoms with Crippen LogP contribution < -0.4 is 10.6 Å². The van der Waals surface area contributed by atoms with Gasteiger partial charge in [-0.2, -0.15) is 0 Å². The normalized spacial score (nSPS) is 24.2. The van der Waals surface area contributed by atoms with Crippen LogP contribution in [0, 0.1) is 0 Å².